The van der Waals surface area contributed by atoms with Crippen LogP contribution in [0.2, 0.25) is 0 Å². The summed E-state index contributed by atoms with van der Waals surface area (Å²) in [5.41, 5.74) is 0. The Kier molecular flexibility index (Phi) is 18.0. The van der Waals surface area contributed by atoms with Crippen molar-refractivity contribution in [2.75, 3.05) is 0 Å². The third-order valence-electron chi connectivity index (χ3n) is 0. The Bertz CT molecular complexity index is 27.2. The van der Waals surface area contributed by atoms with Gasteiger partial charge in [0.25, 0.3) is 0 Å². The summed E-state index contributed by atoms with van der Waals surface area (Å²) in [5, 5.41) is 0. The van der Waals surface area contributed by atoms with Crippen molar-refractivity contribution in [1.29, 1.82) is 0 Å². The molecule has 0 aliphatic carbocycles. The summed E-state index contributed by atoms with van der Waals surface area (Å²) in [5.74, 6) is 0. The van der Waals surface area contributed by atoms with E-state index < -0.39 is 18.1 Å². The van der Waals surface area contributed by atoms with Gasteiger partial charge in [-0.15, -0.1) is 0 Å². The van der Waals surface area contributed by atoms with Crippen molar-refractivity contribution in [1.82, 2.24) is 0 Å². The molecule has 0 saturated heterocycles. The SMILES string of the molecule is [K+].[La+3].[O-][Ti]([O-])([O-])[O-]. The van der Waals surface area contributed by atoms with Gasteiger partial charge in [0.05, 0.1) is 0 Å². The third-order valence-corrected chi connectivity index (χ3v) is 0. The molecule has 0 aliphatic rings. The van der Waals surface area contributed by atoms with Gasteiger partial charge >= 0.3 is 120 Å². The van der Waals surface area contributed by atoms with Gasteiger partial charge in [-0.3, -0.25) is 0 Å². The van der Waals surface area contributed by atoms with Crippen molar-refractivity contribution in [3.05, 3.63) is 0 Å². The van der Waals surface area contributed by atoms with Gasteiger partial charge in [-0.25, -0.2) is 0 Å². The van der Waals surface area contributed by atoms with E-state index in [-0.39, 0.29) is 87.0 Å². The topological polar surface area (TPSA) is 92.2 Å². The van der Waals surface area contributed by atoms with Crippen LogP contribution in [0.1, 0.15) is 0 Å². The molecule has 4 nitrogen and oxygen atoms in total. The Morgan fingerprint density at radius 3 is 0.857 bits per heavy atom. The number of rotatable bonds is 0. The molecular formula is KLaO4Ti. The molecule has 0 rings (SSSR count). The molecule has 0 aromatic carbocycles. The normalized spacial score (nSPS) is 8.57. The van der Waals surface area contributed by atoms with Gasteiger partial charge in [0, 0.05) is 0 Å². The van der Waals surface area contributed by atoms with Gasteiger partial charge in [-0.2, -0.15) is 0 Å². The fraction of sp³-hybridized carbons (Fsp3) is 0. The zero-order valence-corrected chi connectivity index (χ0v) is 12.0. The van der Waals surface area contributed by atoms with Crippen molar-refractivity contribution in [3.8, 4) is 0 Å². The molecule has 7 heavy (non-hydrogen) atoms. The van der Waals surface area contributed by atoms with E-state index in [1.165, 1.54) is 0 Å². The molecule has 0 atom stereocenters. The fourth-order valence-electron chi connectivity index (χ4n) is 0. The Balaban J connectivity index is -0.0000000800. The third kappa shape index (κ3) is 44.7. The summed E-state index contributed by atoms with van der Waals surface area (Å²) in [4.78, 5) is 0. The second kappa shape index (κ2) is 7.49. The van der Waals surface area contributed by atoms with Crippen LogP contribution in [-0.4, -0.2) is 0 Å². The van der Waals surface area contributed by atoms with Gasteiger partial charge in [-0.1, -0.05) is 0 Å². The van der Waals surface area contributed by atoms with Crippen molar-refractivity contribution in [2.45, 2.75) is 0 Å². The summed E-state index contributed by atoms with van der Waals surface area (Å²) in [6.07, 6.45) is 0. The minimum atomic E-state index is -6.00. The molecule has 0 heterocycles. The molecule has 0 N–H and O–H groups in total. The molecular weight excluding hydrogens is 290 g/mol. The first kappa shape index (κ1) is 16.8. The van der Waals surface area contributed by atoms with E-state index >= 15 is 0 Å². The minimum absolute atomic E-state index is 0. The van der Waals surface area contributed by atoms with Gasteiger partial charge in [0.15, 0.2) is 0 Å². The summed E-state index contributed by atoms with van der Waals surface area (Å²) in [6, 6.07) is 0. The first-order chi connectivity index (χ1) is 2.00. The molecule has 0 aromatic heterocycles. The first-order valence-electron chi connectivity index (χ1n) is 0.816. The predicted molar refractivity (Wildman–Crippen MR) is 0 cm³/mol. The molecule has 32 valence electrons. The monoisotopic (exact) mass is 290 g/mol. The van der Waals surface area contributed by atoms with Crippen LogP contribution in [-0.2, 0) is 18.1 Å². The van der Waals surface area contributed by atoms with E-state index in [4.69, 9.17) is 14.8 Å². The molecule has 0 radical (unpaired) electrons. The van der Waals surface area contributed by atoms with E-state index in [0.29, 0.717) is 0 Å². The summed E-state index contributed by atoms with van der Waals surface area (Å²) in [6.45, 7) is 0. The number of hydrogen-bond acceptors (Lipinski definition) is 4. The Morgan fingerprint density at radius 1 is 0.857 bits per heavy atom. The fourth-order valence-corrected chi connectivity index (χ4v) is 0. The van der Waals surface area contributed by atoms with Gasteiger partial charge in [0.1, 0.15) is 0 Å². The van der Waals surface area contributed by atoms with E-state index in [2.05, 4.69) is 0 Å². The van der Waals surface area contributed by atoms with E-state index in [1.807, 2.05) is 0 Å². The van der Waals surface area contributed by atoms with E-state index in [0.717, 1.165) is 0 Å². The Hall–Kier alpha value is 3.39. The molecule has 0 spiro atoms. The van der Waals surface area contributed by atoms with Gasteiger partial charge in [-0.05, 0) is 0 Å². The molecule has 0 saturated carbocycles. The van der Waals surface area contributed by atoms with Crippen LogP contribution in [0.5, 0.6) is 0 Å². The van der Waals surface area contributed by atoms with Crippen LogP contribution in [0.4, 0.5) is 0 Å². The van der Waals surface area contributed by atoms with Crippen LogP contribution in [0.3, 0.4) is 0 Å². The standard InChI is InChI=1S/K.La.4O.Ti/q+1;+3;4*-1;. The van der Waals surface area contributed by atoms with Crippen LogP contribution in [0.25, 0.3) is 0 Å². The van der Waals surface area contributed by atoms with Crippen molar-refractivity contribution < 1.29 is 120 Å². The molecule has 0 amide bonds. The zero-order chi connectivity index (χ0) is 4.50. The summed E-state index contributed by atoms with van der Waals surface area (Å²) >= 11 is -6.00. The molecule has 0 fully saturated rings. The van der Waals surface area contributed by atoms with E-state index in [9.17, 15) is 0 Å². The van der Waals surface area contributed by atoms with Crippen molar-refractivity contribution >= 4 is 0 Å². The van der Waals surface area contributed by atoms with Crippen LogP contribution < -0.4 is 66.1 Å². The Labute approximate surface area is 117 Å². The maximum absolute atomic E-state index is 8.62. The molecule has 7 heteroatoms. The van der Waals surface area contributed by atoms with Crippen LogP contribution in [0, 0.1) is 35.6 Å². The van der Waals surface area contributed by atoms with Crippen molar-refractivity contribution in [2.24, 2.45) is 0 Å². The summed E-state index contributed by atoms with van der Waals surface area (Å²) < 4.78 is 34.5. The average molecular weight is 290 g/mol. The van der Waals surface area contributed by atoms with Gasteiger partial charge in [0.2, 0.25) is 0 Å². The Morgan fingerprint density at radius 2 is 0.857 bits per heavy atom. The first-order valence-corrected chi connectivity index (χ1v) is 3.37. The van der Waals surface area contributed by atoms with Crippen LogP contribution in [0.15, 0.2) is 0 Å². The van der Waals surface area contributed by atoms with Gasteiger partial charge < -0.3 is 0 Å². The molecule has 0 aliphatic heterocycles. The average Bonchev–Trinajstić information content (AvgIpc) is 0.722. The summed E-state index contributed by atoms with van der Waals surface area (Å²) in [7, 11) is 0. The number of hydrogen-bond donors (Lipinski definition) is 0. The van der Waals surface area contributed by atoms with E-state index in [1.54, 1.807) is 0 Å². The quantitative estimate of drug-likeness (QED) is 0.414. The zero-order valence-electron chi connectivity index (χ0n) is 3.71. The molecule has 0 unspecified atom stereocenters. The van der Waals surface area contributed by atoms with Crippen molar-refractivity contribution in [3.63, 3.8) is 0 Å². The molecule has 0 aromatic rings. The second-order valence-corrected chi connectivity index (χ2v) is 2.06. The second-order valence-electron chi connectivity index (χ2n) is 0.500. The maximum atomic E-state index is 8.62. The predicted octanol–water partition coefficient (Wildman–Crippen LogP) is -7.75. The molecule has 0 bridgehead atoms. The van der Waals surface area contributed by atoms with Crippen LogP contribution >= 0.6 is 0 Å².